The molecule has 2 N–H and O–H groups in total. The van der Waals surface area contributed by atoms with Crippen molar-refractivity contribution in [1.29, 1.82) is 0 Å². The van der Waals surface area contributed by atoms with E-state index in [9.17, 15) is 8.78 Å². The van der Waals surface area contributed by atoms with Crippen LogP contribution in [0.1, 0.15) is 12.5 Å². The highest BCUT2D eigenvalue weighted by molar-refractivity contribution is 5.73. The van der Waals surface area contributed by atoms with E-state index < -0.39 is 6.61 Å². The van der Waals surface area contributed by atoms with Crippen molar-refractivity contribution < 1.29 is 17.9 Å². The first-order valence-corrected chi connectivity index (χ1v) is 8.21. The van der Waals surface area contributed by atoms with Crippen LogP contribution in [0.15, 0.2) is 65.2 Å². The lowest BCUT2D eigenvalue weighted by molar-refractivity contribution is -0.0498. The molecule has 27 heavy (non-hydrogen) atoms. The van der Waals surface area contributed by atoms with Gasteiger partial charge in [-0.05, 0) is 49.4 Å². The van der Waals surface area contributed by atoms with Crippen LogP contribution in [0, 0.1) is 0 Å². The van der Waals surface area contributed by atoms with Gasteiger partial charge >= 0.3 is 6.61 Å². The maximum Gasteiger partial charge on any atom is 0.387 e. The molecule has 3 aromatic rings. The standard InChI is InChI=1S/C21H18F2N2O2/c1-3-4-17(15-7-10-19(24)25-12-15)20-13(2)11-18(27-20)14-5-8-16(9-6-14)26-21(22)23/h3-12,21H,2H2,1H3,(H2,24,25)/b4-3-,20-17-. The third-order valence-corrected chi connectivity index (χ3v) is 3.85. The highest BCUT2D eigenvalue weighted by atomic mass is 19.3. The molecular formula is C21H18F2N2O2. The van der Waals surface area contributed by atoms with Gasteiger partial charge in [-0.25, -0.2) is 4.98 Å². The Kier molecular flexibility index (Phi) is 5.35. The molecule has 0 bridgehead atoms. The number of benzene rings is 1. The normalized spacial score (nSPS) is 12.6. The van der Waals surface area contributed by atoms with E-state index in [-0.39, 0.29) is 5.75 Å². The Morgan fingerprint density at radius 3 is 2.56 bits per heavy atom. The average molecular weight is 368 g/mol. The molecule has 0 radical (unpaired) electrons. The van der Waals surface area contributed by atoms with Gasteiger partial charge in [0.1, 0.15) is 22.7 Å². The predicted octanol–water partition coefficient (Wildman–Crippen LogP) is 3.71. The second-order valence-electron chi connectivity index (χ2n) is 5.75. The Balaban J connectivity index is 2.07. The topological polar surface area (TPSA) is 61.3 Å². The molecule has 2 heterocycles. The Bertz CT molecular complexity index is 1050. The molecule has 4 nitrogen and oxygen atoms in total. The van der Waals surface area contributed by atoms with Gasteiger partial charge in [0.05, 0.1) is 0 Å². The van der Waals surface area contributed by atoms with Crippen molar-refractivity contribution in [2.24, 2.45) is 0 Å². The maximum absolute atomic E-state index is 12.3. The van der Waals surface area contributed by atoms with Gasteiger partial charge in [0, 0.05) is 28.1 Å². The van der Waals surface area contributed by atoms with E-state index in [0.29, 0.717) is 22.2 Å². The van der Waals surface area contributed by atoms with Crippen molar-refractivity contribution in [2.45, 2.75) is 13.5 Å². The number of ether oxygens (including phenoxy) is 1. The molecule has 0 unspecified atom stereocenters. The summed E-state index contributed by atoms with van der Waals surface area (Å²) >= 11 is 0. The van der Waals surface area contributed by atoms with Crippen molar-refractivity contribution in [3.8, 4) is 17.1 Å². The Morgan fingerprint density at radius 1 is 1.22 bits per heavy atom. The molecule has 0 aliphatic rings. The van der Waals surface area contributed by atoms with E-state index in [4.69, 9.17) is 10.2 Å². The minimum Gasteiger partial charge on any atom is -0.455 e. The highest BCUT2D eigenvalue weighted by Gasteiger charge is 2.09. The first kappa shape index (κ1) is 18.4. The number of nitrogens with zero attached hydrogens (tertiary/aromatic N) is 1. The number of aromatic nitrogens is 1. The fourth-order valence-electron chi connectivity index (χ4n) is 2.63. The number of hydrogen-bond donors (Lipinski definition) is 1. The van der Waals surface area contributed by atoms with Crippen LogP contribution in [0.5, 0.6) is 5.75 Å². The minimum absolute atomic E-state index is 0.0875. The van der Waals surface area contributed by atoms with Crippen molar-refractivity contribution in [1.82, 2.24) is 4.98 Å². The van der Waals surface area contributed by atoms with Gasteiger partial charge in [-0.2, -0.15) is 8.78 Å². The number of alkyl halides is 2. The van der Waals surface area contributed by atoms with Crippen LogP contribution in [0.3, 0.4) is 0 Å². The summed E-state index contributed by atoms with van der Waals surface area (Å²) in [6, 6.07) is 11.6. The summed E-state index contributed by atoms with van der Waals surface area (Å²) in [5, 5.41) is 0.697. The van der Waals surface area contributed by atoms with E-state index in [1.807, 2.05) is 25.1 Å². The van der Waals surface area contributed by atoms with Crippen LogP contribution in [-0.4, -0.2) is 11.6 Å². The average Bonchev–Trinajstić information content (AvgIpc) is 3.02. The van der Waals surface area contributed by atoms with E-state index in [2.05, 4.69) is 16.3 Å². The summed E-state index contributed by atoms with van der Waals surface area (Å²) in [6.07, 6.45) is 5.47. The number of hydrogen-bond acceptors (Lipinski definition) is 4. The molecule has 2 aromatic heterocycles. The third kappa shape index (κ3) is 4.23. The highest BCUT2D eigenvalue weighted by Crippen LogP contribution is 2.22. The number of rotatable bonds is 5. The second kappa shape index (κ2) is 7.86. The van der Waals surface area contributed by atoms with Crippen LogP contribution < -0.4 is 21.1 Å². The fraction of sp³-hybridized carbons (Fsp3) is 0.0952. The van der Waals surface area contributed by atoms with Crippen LogP contribution in [0.2, 0.25) is 0 Å². The fourth-order valence-corrected chi connectivity index (χ4v) is 2.63. The first-order valence-electron chi connectivity index (χ1n) is 8.21. The molecule has 3 rings (SSSR count). The smallest absolute Gasteiger partial charge is 0.387 e. The summed E-state index contributed by atoms with van der Waals surface area (Å²) < 4.78 is 34.9. The molecular weight excluding hydrogens is 350 g/mol. The number of allylic oxidation sites excluding steroid dienone is 2. The van der Waals surface area contributed by atoms with Crippen LogP contribution in [0.4, 0.5) is 14.6 Å². The number of nitrogens with two attached hydrogens (primary N) is 1. The Hall–Kier alpha value is -3.41. The summed E-state index contributed by atoms with van der Waals surface area (Å²) in [4.78, 5) is 4.12. The Morgan fingerprint density at radius 2 is 1.96 bits per heavy atom. The number of anilines is 1. The minimum atomic E-state index is -2.86. The van der Waals surface area contributed by atoms with E-state index >= 15 is 0 Å². The maximum atomic E-state index is 12.3. The van der Waals surface area contributed by atoms with Gasteiger partial charge in [-0.15, -0.1) is 0 Å². The lowest BCUT2D eigenvalue weighted by atomic mass is 10.1. The molecule has 6 heteroatoms. The monoisotopic (exact) mass is 368 g/mol. The lowest BCUT2D eigenvalue weighted by Crippen LogP contribution is -2.20. The van der Waals surface area contributed by atoms with Crippen LogP contribution >= 0.6 is 0 Å². The van der Waals surface area contributed by atoms with Gasteiger partial charge in [-0.1, -0.05) is 18.7 Å². The van der Waals surface area contributed by atoms with Crippen molar-refractivity contribution in [3.05, 3.63) is 77.0 Å². The molecule has 0 saturated heterocycles. The van der Waals surface area contributed by atoms with E-state index in [0.717, 1.165) is 16.7 Å². The van der Waals surface area contributed by atoms with E-state index in [1.54, 1.807) is 30.5 Å². The number of nitrogen functional groups attached to an aromatic ring is 1. The van der Waals surface area contributed by atoms with Gasteiger partial charge in [0.2, 0.25) is 0 Å². The summed E-state index contributed by atoms with van der Waals surface area (Å²) in [5.74, 6) is 1.09. The molecule has 1 aromatic carbocycles. The quantitative estimate of drug-likeness (QED) is 0.746. The first-order chi connectivity index (χ1) is 13.0. The molecule has 0 aliphatic heterocycles. The molecule has 0 spiro atoms. The molecule has 0 aliphatic carbocycles. The zero-order chi connectivity index (χ0) is 19.4. The number of halogens is 2. The predicted molar refractivity (Wildman–Crippen MR) is 102 cm³/mol. The number of pyridine rings is 1. The number of furan rings is 1. The lowest BCUT2D eigenvalue weighted by Gasteiger charge is -2.04. The van der Waals surface area contributed by atoms with Gasteiger partial charge < -0.3 is 14.9 Å². The molecule has 0 saturated carbocycles. The SMILES string of the molecule is C=c1cc(-c2ccc(OC(F)F)cc2)o/c1=C(/C=C\C)c1ccc(N)nc1. The molecule has 138 valence electrons. The van der Waals surface area contributed by atoms with Crippen LogP contribution in [-0.2, 0) is 0 Å². The molecule has 0 atom stereocenters. The zero-order valence-corrected chi connectivity index (χ0v) is 14.7. The van der Waals surface area contributed by atoms with Gasteiger partial charge in [0.15, 0.2) is 0 Å². The van der Waals surface area contributed by atoms with Crippen molar-refractivity contribution >= 4 is 18.0 Å². The van der Waals surface area contributed by atoms with Crippen molar-refractivity contribution in [3.63, 3.8) is 0 Å². The Labute approximate surface area is 154 Å². The molecule has 0 amide bonds. The summed E-state index contributed by atoms with van der Waals surface area (Å²) in [5.41, 5.74) is 8.64. The molecule has 0 fully saturated rings. The van der Waals surface area contributed by atoms with Crippen LogP contribution in [0.25, 0.3) is 23.5 Å². The summed E-state index contributed by atoms with van der Waals surface area (Å²) in [7, 11) is 0. The second-order valence-corrected chi connectivity index (χ2v) is 5.75. The van der Waals surface area contributed by atoms with Gasteiger partial charge in [0.25, 0.3) is 0 Å². The van der Waals surface area contributed by atoms with E-state index in [1.165, 1.54) is 12.1 Å². The van der Waals surface area contributed by atoms with Crippen molar-refractivity contribution in [2.75, 3.05) is 5.73 Å². The third-order valence-electron chi connectivity index (χ3n) is 3.85. The summed E-state index contributed by atoms with van der Waals surface area (Å²) in [6.45, 7) is 3.10. The van der Waals surface area contributed by atoms with Gasteiger partial charge in [-0.3, -0.25) is 0 Å². The zero-order valence-electron chi connectivity index (χ0n) is 14.7. The largest absolute Gasteiger partial charge is 0.455 e.